The minimum absolute atomic E-state index is 0.234. The zero-order chi connectivity index (χ0) is 22.4. The van der Waals surface area contributed by atoms with Gasteiger partial charge in [-0.2, -0.15) is 0 Å². The molecule has 0 fully saturated rings. The van der Waals surface area contributed by atoms with Crippen LogP contribution in [0.4, 0.5) is 15.8 Å². The normalized spacial score (nSPS) is 12.2. The van der Waals surface area contributed by atoms with Gasteiger partial charge in [0.25, 0.3) is 0 Å². The van der Waals surface area contributed by atoms with Gasteiger partial charge >= 0.3 is 0 Å². The molecule has 3 aromatic rings. The van der Waals surface area contributed by atoms with Crippen molar-refractivity contribution in [1.29, 1.82) is 0 Å². The number of benzene rings is 3. The van der Waals surface area contributed by atoms with Gasteiger partial charge in [0.2, 0.25) is 15.9 Å². The molecule has 1 amide bonds. The van der Waals surface area contributed by atoms with Crippen molar-refractivity contribution in [3.05, 3.63) is 84.7 Å². The average Bonchev–Trinajstić information content (AvgIpc) is 2.74. The molecule has 0 bridgehead atoms. The highest BCUT2D eigenvalue weighted by Crippen LogP contribution is 2.33. The predicted molar refractivity (Wildman–Crippen MR) is 123 cm³/mol. The van der Waals surface area contributed by atoms with Crippen LogP contribution in [0, 0.1) is 5.82 Å². The van der Waals surface area contributed by atoms with E-state index in [0.717, 1.165) is 20.4 Å². The lowest BCUT2D eigenvalue weighted by Crippen LogP contribution is -2.47. The molecule has 1 atom stereocenters. The Hall–Kier alpha value is -2.84. The molecule has 3 aromatic carbocycles. The first kappa shape index (κ1) is 22.8. The summed E-state index contributed by atoms with van der Waals surface area (Å²) in [7, 11) is -3.79. The third kappa shape index (κ3) is 5.86. The van der Waals surface area contributed by atoms with Crippen molar-refractivity contribution in [1.82, 2.24) is 0 Å². The quantitative estimate of drug-likeness (QED) is 0.506. The van der Waals surface area contributed by atoms with E-state index >= 15 is 0 Å². The maximum absolute atomic E-state index is 13.3. The third-order valence-electron chi connectivity index (χ3n) is 4.53. The van der Waals surface area contributed by atoms with E-state index in [1.807, 2.05) is 42.5 Å². The molecule has 0 spiro atoms. The van der Waals surface area contributed by atoms with Crippen molar-refractivity contribution in [2.75, 3.05) is 15.9 Å². The topological polar surface area (TPSA) is 66.5 Å². The number of amides is 1. The molecule has 0 aliphatic rings. The molecular weight excluding hydrogens is 435 g/mol. The first-order valence-electron chi connectivity index (χ1n) is 9.67. The lowest BCUT2D eigenvalue weighted by atomic mass is 10.1. The molecule has 0 aliphatic heterocycles. The van der Waals surface area contributed by atoms with E-state index in [0.29, 0.717) is 5.69 Å². The molecule has 5 nitrogen and oxygen atoms in total. The molecule has 31 heavy (non-hydrogen) atoms. The molecule has 3 rings (SSSR count). The van der Waals surface area contributed by atoms with Gasteiger partial charge in [0.05, 0.1) is 17.6 Å². The van der Waals surface area contributed by atoms with Crippen LogP contribution in [0.3, 0.4) is 0 Å². The van der Waals surface area contributed by atoms with Gasteiger partial charge in [-0.05, 0) is 55.0 Å². The van der Waals surface area contributed by atoms with Gasteiger partial charge in [-0.1, -0.05) is 49.0 Å². The summed E-state index contributed by atoms with van der Waals surface area (Å²) in [6.45, 7) is 1.73. The average molecular weight is 459 g/mol. The number of hydrogen-bond donors (Lipinski definition) is 1. The summed E-state index contributed by atoms with van der Waals surface area (Å²) in [6, 6.07) is 21.1. The molecule has 0 unspecified atom stereocenters. The maximum Gasteiger partial charge on any atom is 0.248 e. The lowest BCUT2D eigenvalue weighted by Gasteiger charge is -2.30. The Morgan fingerprint density at radius 2 is 1.61 bits per heavy atom. The number of halogens is 1. The fourth-order valence-electron chi connectivity index (χ4n) is 3.14. The highest BCUT2D eigenvalue weighted by atomic mass is 32.2. The van der Waals surface area contributed by atoms with Crippen molar-refractivity contribution in [2.24, 2.45) is 0 Å². The summed E-state index contributed by atoms with van der Waals surface area (Å²) in [5.41, 5.74) is 0.824. The first-order valence-corrected chi connectivity index (χ1v) is 12.3. The molecule has 8 heteroatoms. The van der Waals surface area contributed by atoms with Gasteiger partial charge in [-0.25, -0.2) is 12.8 Å². The second kappa shape index (κ2) is 9.98. The third-order valence-corrected chi connectivity index (χ3v) is 6.79. The highest BCUT2D eigenvalue weighted by molar-refractivity contribution is 7.99. The molecule has 0 saturated heterocycles. The van der Waals surface area contributed by atoms with E-state index in [9.17, 15) is 17.6 Å². The zero-order valence-corrected chi connectivity index (χ0v) is 18.8. The second-order valence-corrected chi connectivity index (χ2v) is 9.83. The number of carbonyl (C=O) groups is 1. The van der Waals surface area contributed by atoms with Crippen LogP contribution in [0.25, 0.3) is 0 Å². The van der Waals surface area contributed by atoms with Crippen LogP contribution in [0.1, 0.15) is 13.3 Å². The van der Waals surface area contributed by atoms with E-state index < -0.39 is 27.8 Å². The number of rotatable bonds is 8. The van der Waals surface area contributed by atoms with Crippen molar-refractivity contribution in [3.63, 3.8) is 0 Å². The number of hydrogen-bond acceptors (Lipinski definition) is 4. The number of carbonyl (C=O) groups excluding carboxylic acids is 1. The van der Waals surface area contributed by atoms with E-state index in [4.69, 9.17) is 0 Å². The summed E-state index contributed by atoms with van der Waals surface area (Å²) in [5, 5.41) is 2.88. The Kier molecular flexibility index (Phi) is 7.35. The van der Waals surface area contributed by atoms with Crippen molar-refractivity contribution >= 4 is 39.1 Å². The zero-order valence-electron chi connectivity index (χ0n) is 17.2. The van der Waals surface area contributed by atoms with Crippen LogP contribution in [0.2, 0.25) is 0 Å². The van der Waals surface area contributed by atoms with Crippen molar-refractivity contribution < 1.29 is 17.6 Å². The largest absolute Gasteiger partial charge is 0.323 e. The fourth-order valence-corrected chi connectivity index (χ4v) is 5.27. The van der Waals surface area contributed by atoms with Crippen LogP contribution >= 0.6 is 11.8 Å². The molecule has 0 radical (unpaired) electrons. The highest BCUT2D eigenvalue weighted by Gasteiger charge is 2.31. The van der Waals surface area contributed by atoms with Gasteiger partial charge in [-0.3, -0.25) is 9.10 Å². The predicted octanol–water partition coefficient (Wildman–Crippen LogP) is 5.16. The summed E-state index contributed by atoms with van der Waals surface area (Å²) >= 11 is 1.50. The number of nitrogens with zero attached hydrogens (tertiary/aromatic N) is 1. The molecule has 1 N–H and O–H groups in total. The molecule has 0 aromatic heterocycles. The number of anilines is 2. The molecular formula is C23H23FN2O3S2. The van der Waals surface area contributed by atoms with Gasteiger partial charge in [0.1, 0.15) is 11.9 Å². The first-order chi connectivity index (χ1) is 14.8. The van der Waals surface area contributed by atoms with E-state index in [2.05, 4.69) is 5.32 Å². The Labute approximate surface area is 186 Å². The Morgan fingerprint density at radius 1 is 1.00 bits per heavy atom. The van der Waals surface area contributed by atoms with E-state index in [-0.39, 0.29) is 12.1 Å². The van der Waals surface area contributed by atoms with Gasteiger partial charge in [0, 0.05) is 9.79 Å². The van der Waals surface area contributed by atoms with Crippen molar-refractivity contribution in [2.45, 2.75) is 29.2 Å². The van der Waals surface area contributed by atoms with Gasteiger partial charge < -0.3 is 5.32 Å². The minimum Gasteiger partial charge on any atom is -0.323 e. The lowest BCUT2D eigenvalue weighted by molar-refractivity contribution is -0.117. The summed E-state index contributed by atoms with van der Waals surface area (Å²) in [4.78, 5) is 15.0. The standard InChI is InChI=1S/C23H23FN2O3S2/c1-3-21(26(31(2,28)29)18-15-13-17(24)14-16-18)23(27)25-20-11-7-8-12-22(20)30-19-9-5-4-6-10-19/h4-16,21H,3H2,1-2H3,(H,25,27)/t21-/m1/s1. The Morgan fingerprint density at radius 3 is 2.23 bits per heavy atom. The van der Waals surface area contributed by atoms with Crippen LogP contribution in [0.15, 0.2) is 88.7 Å². The molecule has 0 aliphatic carbocycles. The minimum atomic E-state index is -3.79. The molecule has 0 heterocycles. The van der Waals surface area contributed by atoms with Crippen molar-refractivity contribution in [3.8, 4) is 0 Å². The molecule has 0 saturated carbocycles. The SMILES string of the molecule is CC[C@H](C(=O)Nc1ccccc1Sc1ccccc1)N(c1ccc(F)cc1)S(C)(=O)=O. The van der Waals surface area contributed by atoms with Crippen LogP contribution in [-0.2, 0) is 14.8 Å². The van der Waals surface area contributed by atoms with Gasteiger partial charge in [0.15, 0.2) is 0 Å². The van der Waals surface area contributed by atoms with E-state index in [1.165, 1.54) is 36.0 Å². The summed E-state index contributed by atoms with van der Waals surface area (Å²) in [5.74, 6) is -0.945. The maximum atomic E-state index is 13.3. The van der Waals surface area contributed by atoms with Crippen LogP contribution in [0.5, 0.6) is 0 Å². The number of nitrogens with one attached hydrogen (secondary N) is 1. The summed E-state index contributed by atoms with van der Waals surface area (Å²) in [6.07, 6.45) is 1.27. The Bertz CT molecular complexity index is 1140. The van der Waals surface area contributed by atoms with Crippen LogP contribution < -0.4 is 9.62 Å². The van der Waals surface area contributed by atoms with Gasteiger partial charge in [-0.15, -0.1) is 0 Å². The number of sulfonamides is 1. The second-order valence-electron chi connectivity index (χ2n) is 6.86. The van der Waals surface area contributed by atoms with Crippen LogP contribution in [-0.4, -0.2) is 26.6 Å². The Balaban J connectivity index is 1.89. The monoisotopic (exact) mass is 458 g/mol. The fraction of sp³-hybridized carbons (Fsp3) is 0.174. The smallest absolute Gasteiger partial charge is 0.248 e. The summed E-state index contributed by atoms with van der Waals surface area (Å²) < 4.78 is 39.4. The molecule has 162 valence electrons. The number of para-hydroxylation sites is 1. The van der Waals surface area contributed by atoms with E-state index in [1.54, 1.807) is 19.1 Å².